The first-order valence-corrected chi connectivity index (χ1v) is 6.11. The number of benzene rings is 1. The van der Waals surface area contributed by atoms with E-state index in [2.05, 4.69) is 0 Å². The lowest BCUT2D eigenvalue weighted by molar-refractivity contribution is -0.383. The molecule has 0 unspecified atom stereocenters. The monoisotopic (exact) mass is 292 g/mol. The first-order valence-electron chi connectivity index (χ1n) is 6.11. The van der Waals surface area contributed by atoms with Gasteiger partial charge in [0.2, 0.25) is 0 Å². The predicted octanol–water partition coefficient (Wildman–Crippen LogP) is 1.81. The molecule has 0 fully saturated rings. The van der Waals surface area contributed by atoms with Gasteiger partial charge in [-0.3, -0.25) is 14.9 Å². The van der Waals surface area contributed by atoms with Crippen molar-refractivity contribution in [2.75, 3.05) is 6.61 Å². The zero-order valence-corrected chi connectivity index (χ0v) is 11.1. The zero-order chi connectivity index (χ0) is 15.6. The lowest BCUT2D eigenvalue weighted by Crippen LogP contribution is -2.17. The molecule has 2 rings (SSSR count). The Morgan fingerprint density at radius 3 is 2.71 bits per heavy atom. The number of carboxylic acid groups (broad SMARTS) is 1. The number of aromatic carboxylic acids is 1. The molecule has 21 heavy (non-hydrogen) atoms. The van der Waals surface area contributed by atoms with Crippen LogP contribution in [0.2, 0.25) is 0 Å². The number of nitro benzene ring substituents is 1. The smallest absolute Gasteiger partial charge is 0.352 e. The van der Waals surface area contributed by atoms with Crippen LogP contribution >= 0.6 is 0 Å². The van der Waals surface area contributed by atoms with Gasteiger partial charge in [-0.25, -0.2) is 4.79 Å². The molecule has 0 saturated carbocycles. The molecule has 0 aliphatic carbocycles. The van der Waals surface area contributed by atoms with Crippen LogP contribution in [0.1, 0.15) is 17.4 Å². The number of para-hydroxylation sites is 1. The van der Waals surface area contributed by atoms with Crippen LogP contribution in [0.3, 0.4) is 0 Å². The van der Waals surface area contributed by atoms with Gasteiger partial charge in [0.25, 0.3) is 5.69 Å². The fraction of sp³-hybridized carbons (Fsp3) is 0.231. The Bertz CT molecular complexity index is 734. The molecule has 1 N–H and O–H groups in total. The first-order chi connectivity index (χ1) is 9.95. The molecule has 0 radical (unpaired) electrons. The normalized spacial score (nSPS) is 10.5. The molecule has 1 aromatic heterocycles. The van der Waals surface area contributed by atoms with E-state index in [4.69, 9.17) is 4.74 Å². The Balaban J connectivity index is 2.68. The number of ether oxygens (including phenoxy) is 1. The van der Waals surface area contributed by atoms with E-state index in [1.807, 2.05) is 0 Å². The number of rotatable bonds is 5. The molecule has 1 heterocycles. The second-order valence-electron chi connectivity index (χ2n) is 4.20. The van der Waals surface area contributed by atoms with Crippen molar-refractivity contribution in [3.8, 4) is 0 Å². The van der Waals surface area contributed by atoms with Gasteiger partial charge in [0.05, 0.1) is 11.5 Å². The van der Waals surface area contributed by atoms with Crippen molar-refractivity contribution in [1.82, 2.24) is 4.57 Å². The topological polar surface area (TPSA) is 112 Å². The lowest BCUT2D eigenvalue weighted by Gasteiger charge is -2.07. The molecule has 0 amide bonds. The van der Waals surface area contributed by atoms with Crippen LogP contribution in [0.5, 0.6) is 0 Å². The van der Waals surface area contributed by atoms with E-state index in [1.54, 1.807) is 13.0 Å². The molecule has 2 aromatic rings. The van der Waals surface area contributed by atoms with Crippen molar-refractivity contribution >= 4 is 28.5 Å². The highest BCUT2D eigenvalue weighted by Gasteiger charge is 2.23. The molecule has 8 nitrogen and oxygen atoms in total. The van der Waals surface area contributed by atoms with Crippen molar-refractivity contribution in [3.63, 3.8) is 0 Å². The Kier molecular flexibility index (Phi) is 3.88. The number of carboxylic acids is 1. The Morgan fingerprint density at radius 2 is 2.14 bits per heavy atom. The highest BCUT2D eigenvalue weighted by Crippen LogP contribution is 2.29. The predicted molar refractivity (Wildman–Crippen MR) is 72.2 cm³/mol. The Labute approximate surface area is 118 Å². The van der Waals surface area contributed by atoms with Gasteiger partial charge in [-0.15, -0.1) is 0 Å². The number of aromatic nitrogens is 1. The molecular formula is C13H12N2O6. The van der Waals surface area contributed by atoms with Crippen LogP contribution in [-0.4, -0.2) is 33.1 Å². The van der Waals surface area contributed by atoms with Crippen LogP contribution in [0, 0.1) is 10.1 Å². The molecule has 0 atom stereocenters. The van der Waals surface area contributed by atoms with E-state index in [0.717, 1.165) is 4.57 Å². The SMILES string of the molecule is CCOC(=O)Cn1c(C(=O)O)cc2cccc([N+](=O)[O-])c21. The number of fused-ring (bicyclic) bond motifs is 1. The van der Waals surface area contributed by atoms with E-state index < -0.39 is 23.4 Å². The summed E-state index contributed by atoms with van der Waals surface area (Å²) < 4.78 is 5.87. The van der Waals surface area contributed by atoms with Crippen molar-refractivity contribution < 1.29 is 24.4 Å². The van der Waals surface area contributed by atoms with E-state index >= 15 is 0 Å². The Hall–Kier alpha value is -2.90. The molecule has 0 spiro atoms. The second kappa shape index (κ2) is 5.61. The van der Waals surface area contributed by atoms with Gasteiger partial charge in [-0.2, -0.15) is 0 Å². The third kappa shape index (κ3) is 2.69. The molecule has 0 aliphatic rings. The molecule has 0 aliphatic heterocycles. The van der Waals surface area contributed by atoms with Crippen LogP contribution in [0.4, 0.5) is 5.69 Å². The summed E-state index contributed by atoms with van der Waals surface area (Å²) in [6, 6.07) is 5.57. The summed E-state index contributed by atoms with van der Waals surface area (Å²) >= 11 is 0. The minimum Gasteiger partial charge on any atom is -0.477 e. The molecule has 110 valence electrons. The van der Waals surface area contributed by atoms with E-state index in [-0.39, 0.29) is 23.5 Å². The Morgan fingerprint density at radius 1 is 1.43 bits per heavy atom. The van der Waals surface area contributed by atoms with Gasteiger partial charge in [0, 0.05) is 11.5 Å². The zero-order valence-electron chi connectivity index (χ0n) is 11.1. The van der Waals surface area contributed by atoms with Crippen molar-refractivity contribution in [2.24, 2.45) is 0 Å². The highest BCUT2D eigenvalue weighted by molar-refractivity contribution is 5.98. The molecular weight excluding hydrogens is 280 g/mol. The average molecular weight is 292 g/mol. The number of carbonyl (C=O) groups is 2. The van der Waals surface area contributed by atoms with Gasteiger partial charge in [0.15, 0.2) is 0 Å². The maximum absolute atomic E-state index is 11.6. The van der Waals surface area contributed by atoms with E-state index in [1.165, 1.54) is 18.2 Å². The van der Waals surface area contributed by atoms with Crippen molar-refractivity contribution in [1.29, 1.82) is 0 Å². The highest BCUT2D eigenvalue weighted by atomic mass is 16.6. The van der Waals surface area contributed by atoms with Gasteiger partial charge in [0.1, 0.15) is 17.8 Å². The van der Waals surface area contributed by atoms with Gasteiger partial charge in [-0.1, -0.05) is 12.1 Å². The van der Waals surface area contributed by atoms with Gasteiger partial charge < -0.3 is 14.4 Å². The maximum Gasteiger partial charge on any atom is 0.352 e. The standard InChI is InChI=1S/C13H12N2O6/c1-2-21-11(16)7-14-10(13(17)18)6-8-4-3-5-9(12(8)14)15(19)20/h3-6H,2,7H2,1H3,(H,17,18). The number of nitrogens with zero attached hydrogens (tertiary/aromatic N) is 2. The lowest BCUT2D eigenvalue weighted by atomic mass is 10.2. The maximum atomic E-state index is 11.6. The summed E-state index contributed by atoms with van der Waals surface area (Å²) in [7, 11) is 0. The molecule has 0 bridgehead atoms. The van der Waals surface area contributed by atoms with Crippen molar-refractivity contribution in [3.05, 3.63) is 40.1 Å². The van der Waals surface area contributed by atoms with Crippen LogP contribution < -0.4 is 0 Å². The van der Waals surface area contributed by atoms with E-state index in [0.29, 0.717) is 5.39 Å². The summed E-state index contributed by atoms with van der Waals surface area (Å²) in [4.78, 5) is 33.3. The molecule has 8 heteroatoms. The molecule has 1 aromatic carbocycles. The fourth-order valence-corrected chi connectivity index (χ4v) is 2.13. The third-order valence-electron chi connectivity index (χ3n) is 2.91. The first kappa shape index (κ1) is 14.5. The number of carbonyl (C=O) groups excluding carboxylic acids is 1. The third-order valence-corrected chi connectivity index (χ3v) is 2.91. The number of hydrogen-bond acceptors (Lipinski definition) is 5. The van der Waals surface area contributed by atoms with Crippen LogP contribution in [0.15, 0.2) is 24.3 Å². The molecule has 0 saturated heterocycles. The van der Waals surface area contributed by atoms with Gasteiger partial charge in [-0.05, 0) is 13.0 Å². The summed E-state index contributed by atoms with van der Waals surface area (Å²) in [6.07, 6.45) is 0. The summed E-state index contributed by atoms with van der Waals surface area (Å²) in [5, 5.41) is 20.7. The minimum atomic E-state index is -1.27. The summed E-state index contributed by atoms with van der Waals surface area (Å²) in [5.74, 6) is -1.93. The number of esters is 1. The van der Waals surface area contributed by atoms with Crippen LogP contribution in [-0.2, 0) is 16.1 Å². The van der Waals surface area contributed by atoms with E-state index in [9.17, 15) is 24.8 Å². The average Bonchev–Trinajstić information content (AvgIpc) is 2.78. The number of nitro groups is 1. The second-order valence-corrected chi connectivity index (χ2v) is 4.20. The number of hydrogen-bond donors (Lipinski definition) is 1. The van der Waals surface area contributed by atoms with Crippen molar-refractivity contribution in [2.45, 2.75) is 13.5 Å². The summed E-state index contributed by atoms with van der Waals surface area (Å²) in [6.45, 7) is 1.36. The largest absolute Gasteiger partial charge is 0.477 e. The van der Waals surface area contributed by atoms with Gasteiger partial charge >= 0.3 is 11.9 Å². The quantitative estimate of drug-likeness (QED) is 0.511. The summed E-state index contributed by atoms with van der Waals surface area (Å²) in [5.41, 5.74) is -0.371. The number of non-ortho nitro benzene ring substituents is 1. The minimum absolute atomic E-state index is 0.0907. The fourth-order valence-electron chi connectivity index (χ4n) is 2.13. The van der Waals surface area contributed by atoms with Crippen LogP contribution in [0.25, 0.3) is 10.9 Å².